The van der Waals surface area contributed by atoms with Gasteiger partial charge in [-0.1, -0.05) is 35.4 Å². The molecule has 0 aromatic heterocycles. The summed E-state index contributed by atoms with van der Waals surface area (Å²) in [7, 11) is 2.22. The number of nitrogens with zero attached hydrogens (tertiary/aromatic N) is 1. The molecule has 0 aliphatic heterocycles. The zero-order valence-electron chi connectivity index (χ0n) is 6.65. The zero-order valence-corrected chi connectivity index (χ0v) is 8.80. The Labute approximate surface area is 77.3 Å². The lowest BCUT2D eigenvalue weighted by Crippen LogP contribution is -2.21. The second-order valence-electron chi connectivity index (χ2n) is 3.22. The van der Waals surface area contributed by atoms with Gasteiger partial charge in [0.25, 0.3) is 0 Å². The normalized spacial score (nSPS) is 18.3. The van der Waals surface area contributed by atoms with Gasteiger partial charge in [-0.15, -0.1) is 0 Å². The Hall–Kier alpha value is 0.690. The van der Waals surface area contributed by atoms with E-state index in [1.807, 2.05) is 0 Å². The molecule has 1 saturated carbocycles. The van der Waals surface area contributed by atoms with Crippen molar-refractivity contribution in [2.75, 3.05) is 24.6 Å². The van der Waals surface area contributed by atoms with Crippen molar-refractivity contribution in [3.05, 3.63) is 0 Å². The fourth-order valence-corrected chi connectivity index (χ4v) is 1.89. The van der Waals surface area contributed by atoms with Gasteiger partial charge >= 0.3 is 0 Å². The van der Waals surface area contributed by atoms with Crippen LogP contribution in [0.3, 0.4) is 0 Å². The van der Waals surface area contributed by atoms with Crippen LogP contribution in [0.1, 0.15) is 19.3 Å². The highest BCUT2D eigenvalue weighted by molar-refractivity contribution is 14.1. The molecule has 60 valence electrons. The summed E-state index contributed by atoms with van der Waals surface area (Å²) in [6.07, 6.45) is 4.43. The summed E-state index contributed by atoms with van der Waals surface area (Å²) in [6, 6.07) is 0. The predicted octanol–water partition coefficient (Wildman–Crippen LogP) is 2.15. The first-order valence-electron chi connectivity index (χ1n) is 4.07. The number of halogens is 1. The fourth-order valence-electron chi connectivity index (χ4n) is 1.07. The van der Waals surface area contributed by atoms with Crippen LogP contribution in [0.15, 0.2) is 0 Å². The monoisotopic (exact) mass is 253 g/mol. The molecule has 10 heavy (non-hydrogen) atoms. The van der Waals surface area contributed by atoms with Crippen molar-refractivity contribution in [3.63, 3.8) is 0 Å². The molecule has 1 aliphatic rings. The lowest BCUT2D eigenvalue weighted by atomic mass is 10.3. The molecule has 0 heterocycles. The summed E-state index contributed by atoms with van der Waals surface area (Å²) < 4.78 is 1.26. The van der Waals surface area contributed by atoms with Crippen molar-refractivity contribution >= 4 is 22.6 Å². The molecule has 2 heteroatoms. The van der Waals surface area contributed by atoms with Gasteiger partial charge in [-0.05, 0) is 25.9 Å². The molecule has 0 amide bonds. The molecule has 1 fully saturated rings. The van der Waals surface area contributed by atoms with Crippen molar-refractivity contribution in [1.29, 1.82) is 0 Å². The van der Waals surface area contributed by atoms with Crippen molar-refractivity contribution in [3.8, 4) is 0 Å². The molecule has 0 spiro atoms. The first-order chi connectivity index (χ1) is 4.83. The van der Waals surface area contributed by atoms with Crippen molar-refractivity contribution < 1.29 is 0 Å². The van der Waals surface area contributed by atoms with Gasteiger partial charge in [-0.25, -0.2) is 0 Å². The molecule has 0 atom stereocenters. The van der Waals surface area contributed by atoms with Gasteiger partial charge in [-0.3, -0.25) is 0 Å². The number of hydrogen-bond donors (Lipinski definition) is 0. The highest BCUT2D eigenvalue weighted by atomic mass is 127. The molecular weight excluding hydrogens is 237 g/mol. The summed E-state index contributed by atoms with van der Waals surface area (Å²) >= 11 is 2.43. The quantitative estimate of drug-likeness (QED) is 0.536. The average molecular weight is 253 g/mol. The van der Waals surface area contributed by atoms with E-state index >= 15 is 0 Å². The Morgan fingerprint density at radius 2 is 2.10 bits per heavy atom. The summed E-state index contributed by atoms with van der Waals surface area (Å²) in [5.74, 6) is 1.09. The van der Waals surface area contributed by atoms with Gasteiger partial charge in [0.05, 0.1) is 0 Å². The summed E-state index contributed by atoms with van der Waals surface area (Å²) in [5, 5.41) is 0. The fraction of sp³-hybridized carbons (Fsp3) is 1.00. The van der Waals surface area contributed by atoms with E-state index in [1.165, 1.54) is 36.8 Å². The third kappa shape index (κ3) is 3.76. The highest BCUT2D eigenvalue weighted by Crippen LogP contribution is 2.32. The van der Waals surface area contributed by atoms with Crippen LogP contribution in [0.2, 0.25) is 0 Å². The van der Waals surface area contributed by atoms with Crippen LogP contribution in [0.4, 0.5) is 0 Å². The van der Waals surface area contributed by atoms with Crippen molar-refractivity contribution in [2.45, 2.75) is 19.3 Å². The Morgan fingerprint density at radius 3 is 2.60 bits per heavy atom. The van der Waals surface area contributed by atoms with E-state index in [9.17, 15) is 0 Å². The molecule has 0 unspecified atom stereocenters. The molecular formula is C8H16IN. The van der Waals surface area contributed by atoms with Gasteiger partial charge in [0.1, 0.15) is 0 Å². The van der Waals surface area contributed by atoms with Crippen LogP contribution < -0.4 is 0 Å². The number of alkyl halides is 1. The van der Waals surface area contributed by atoms with Crippen LogP contribution in [0.25, 0.3) is 0 Å². The Bertz CT molecular complexity index is 91.3. The second-order valence-corrected chi connectivity index (χ2v) is 4.30. The topological polar surface area (TPSA) is 3.24 Å². The Kier molecular flexibility index (Phi) is 3.99. The molecule has 1 rings (SSSR count). The molecule has 0 saturated heterocycles. The maximum absolute atomic E-state index is 2.44. The van der Waals surface area contributed by atoms with E-state index < -0.39 is 0 Å². The lowest BCUT2D eigenvalue weighted by Gasteiger charge is -2.13. The van der Waals surface area contributed by atoms with Crippen LogP contribution >= 0.6 is 22.6 Å². The van der Waals surface area contributed by atoms with Crippen molar-refractivity contribution in [1.82, 2.24) is 4.90 Å². The number of hydrogen-bond acceptors (Lipinski definition) is 1. The van der Waals surface area contributed by atoms with E-state index in [-0.39, 0.29) is 0 Å². The van der Waals surface area contributed by atoms with Gasteiger partial charge in [0.15, 0.2) is 0 Å². The average Bonchev–Trinajstić information content (AvgIpc) is 2.67. The van der Waals surface area contributed by atoms with E-state index in [0.29, 0.717) is 0 Å². The standard InChI is InChI=1S/C8H16IN/c1-10(7-5-9)6-4-8-2-3-8/h8H,2-7H2,1H3. The van der Waals surface area contributed by atoms with Crippen LogP contribution in [0.5, 0.6) is 0 Å². The maximum atomic E-state index is 2.44. The van der Waals surface area contributed by atoms with Gasteiger partial charge < -0.3 is 4.90 Å². The summed E-state index contributed by atoms with van der Waals surface area (Å²) in [4.78, 5) is 2.44. The number of rotatable bonds is 5. The predicted molar refractivity (Wildman–Crippen MR) is 53.7 cm³/mol. The van der Waals surface area contributed by atoms with E-state index in [1.54, 1.807) is 0 Å². The maximum Gasteiger partial charge on any atom is 0.0123 e. The minimum Gasteiger partial charge on any atom is -0.306 e. The molecule has 0 aromatic carbocycles. The molecule has 1 nitrogen and oxygen atoms in total. The van der Waals surface area contributed by atoms with E-state index in [2.05, 4.69) is 34.5 Å². The second kappa shape index (κ2) is 4.54. The molecule has 0 N–H and O–H groups in total. The summed E-state index contributed by atoms with van der Waals surface area (Å²) in [5.41, 5.74) is 0. The minimum atomic E-state index is 1.09. The van der Waals surface area contributed by atoms with Gasteiger partial charge in [0.2, 0.25) is 0 Å². The first-order valence-corrected chi connectivity index (χ1v) is 5.60. The molecule has 0 bridgehead atoms. The molecule has 1 aliphatic carbocycles. The lowest BCUT2D eigenvalue weighted by molar-refractivity contribution is 0.343. The Balaban J connectivity index is 1.89. The molecule has 0 aromatic rings. The first kappa shape index (κ1) is 8.78. The summed E-state index contributed by atoms with van der Waals surface area (Å²) in [6.45, 7) is 2.57. The van der Waals surface area contributed by atoms with E-state index in [0.717, 1.165) is 5.92 Å². The van der Waals surface area contributed by atoms with Gasteiger partial charge in [0, 0.05) is 11.0 Å². The molecule has 0 radical (unpaired) electrons. The minimum absolute atomic E-state index is 1.09. The zero-order chi connectivity index (χ0) is 7.40. The largest absolute Gasteiger partial charge is 0.306 e. The Morgan fingerprint density at radius 1 is 1.40 bits per heavy atom. The third-order valence-electron chi connectivity index (χ3n) is 2.08. The van der Waals surface area contributed by atoms with E-state index in [4.69, 9.17) is 0 Å². The van der Waals surface area contributed by atoms with Crippen LogP contribution in [-0.2, 0) is 0 Å². The smallest absolute Gasteiger partial charge is 0.0123 e. The van der Waals surface area contributed by atoms with Crippen LogP contribution in [-0.4, -0.2) is 29.5 Å². The van der Waals surface area contributed by atoms with Crippen molar-refractivity contribution in [2.24, 2.45) is 5.92 Å². The SMILES string of the molecule is CN(CCI)CCC1CC1. The van der Waals surface area contributed by atoms with Crippen LogP contribution in [0, 0.1) is 5.92 Å². The highest BCUT2D eigenvalue weighted by Gasteiger charge is 2.20. The third-order valence-corrected chi connectivity index (χ3v) is 2.56. The van der Waals surface area contributed by atoms with Gasteiger partial charge in [-0.2, -0.15) is 0 Å².